The summed E-state index contributed by atoms with van der Waals surface area (Å²) in [6.07, 6.45) is 9.80. The lowest BCUT2D eigenvalue weighted by atomic mass is 9.53. The predicted molar refractivity (Wildman–Crippen MR) is 108 cm³/mol. The number of amides is 1. The Morgan fingerprint density at radius 2 is 1.67 bits per heavy atom. The Kier molecular flexibility index (Phi) is 4.41. The zero-order valence-corrected chi connectivity index (χ0v) is 17.3. The molecule has 2 spiro atoms. The number of hydrogen-bond donors (Lipinski definition) is 2. The predicted octanol–water partition coefficient (Wildman–Crippen LogP) is 4.14. The van der Waals surface area contributed by atoms with Crippen molar-refractivity contribution in [3.63, 3.8) is 0 Å². The molecule has 1 heterocycles. The molecule has 1 aliphatic heterocycles. The highest BCUT2D eigenvalue weighted by Crippen LogP contribution is 2.63. The molecule has 6 heteroatoms. The van der Waals surface area contributed by atoms with Crippen LogP contribution < -0.4 is 5.32 Å². The lowest BCUT2D eigenvalue weighted by Crippen LogP contribution is -2.59. The summed E-state index contributed by atoms with van der Waals surface area (Å²) in [4.78, 5) is 24.4. The molecule has 1 aromatic carbocycles. The fourth-order valence-corrected chi connectivity index (χ4v) is 7.11. The average Bonchev–Trinajstić information content (AvgIpc) is 3.11. The smallest absolute Gasteiger partial charge is 0.255 e. The molecule has 7 rings (SSSR count). The number of ether oxygens (including phenoxy) is 1. The molecule has 1 saturated heterocycles. The summed E-state index contributed by atoms with van der Waals surface area (Å²) in [7, 11) is 0. The van der Waals surface area contributed by atoms with Crippen molar-refractivity contribution >= 4 is 5.91 Å². The van der Waals surface area contributed by atoms with Gasteiger partial charge in [-0.1, -0.05) is 12.1 Å². The van der Waals surface area contributed by atoms with Crippen LogP contribution in [-0.2, 0) is 14.5 Å². The number of aromatic hydroxyl groups is 1. The van der Waals surface area contributed by atoms with Crippen molar-refractivity contribution in [3.05, 3.63) is 29.8 Å². The second-order valence-electron chi connectivity index (χ2n) is 10.4. The third-order valence-electron chi connectivity index (χ3n) is 8.51. The van der Waals surface area contributed by atoms with Crippen LogP contribution in [0.3, 0.4) is 0 Å². The minimum Gasteiger partial charge on any atom is -0.507 e. The fraction of sp³-hybridized carbons (Fsp3) is 0.708. The van der Waals surface area contributed by atoms with Crippen LogP contribution in [0.2, 0.25) is 0 Å². The lowest BCUT2D eigenvalue weighted by Gasteiger charge is -2.57. The molecule has 0 unspecified atom stereocenters. The van der Waals surface area contributed by atoms with Gasteiger partial charge < -0.3 is 15.2 Å². The van der Waals surface area contributed by atoms with Crippen molar-refractivity contribution in [3.8, 4) is 5.75 Å². The molecule has 5 aliphatic carbocycles. The van der Waals surface area contributed by atoms with Gasteiger partial charge in [0.15, 0.2) is 0 Å². The van der Waals surface area contributed by atoms with Crippen LogP contribution in [0, 0.1) is 29.6 Å². The number of phenolic OH excluding ortho intramolecular Hbond substituents is 1. The van der Waals surface area contributed by atoms with Crippen LogP contribution in [0.4, 0.5) is 0 Å². The molecule has 4 bridgehead atoms. The van der Waals surface area contributed by atoms with Gasteiger partial charge in [-0.2, -0.15) is 9.78 Å². The van der Waals surface area contributed by atoms with Crippen molar-refractivity contribution in [1.82, 2.24) is 5.32 Å². The molecule has 5 saturated carbocycles. The molecular formula is C24H31NO5. The van der Waals surface area contributed by atoms with Gasteiger partial charge in [-0.3, -0.25) is 4.79 Å². The summed E-state index contributed by atoms with van der Waals surface area (Å²) in [5.74, 6) is 1.78. The lowest BCUT2D eigenvalue weighted by molar-refractivity contribution is -0.390. The Bertz CT molecular complexity index is 803. The Labute approximate surface area is 177 Å². The molecule has 6 aliphatic rings. The van der Waals surface area contributed by atoms with Crippen LogP contribution in [0.25, 0.3) is 0 Å². The third-order valence-corrected chi connectivity index (χ3v) is 8.51. The second kappa shape index (κ2) is 6.94. The molecule has 1 amide bonds. The molecule has 0 aromatic heterocycles. The summed E-state index contributed by atoms with van der Waals surface area (Å²) in [5, 5.41) is 12.8. The van der Waals surface area contributed by atoms with Crippen molar-refractivity contribution in [2.45, 2.75) is 69.4 Å². The number of nitrogens with one attached hydrogen (secondary N) is 1. The Hall–Kier alpha value is -1.63. The topological polar surface area (TPSA) is 77.0 Å². The summed E-state index contributed by atoms with van der Waals surface area (Å²) in [6.45, 7) is 0.601. The summed E-state index contributed by atoms with van der Waals surface area (Å²) in [5.41, 5.74) is 0.324. The minimum atomic E-state index is -0.604. The standard InChI is InChI=1S/C24H31NO5/c26-21-4-2-1-3-20(21)22(27)25-14-15-5-7-23(8-6-15)28-24(30-29-23)18-10-16-9-17(12-18)13-19(24)11-16/h1-4,15-19,26H,5-14H2,(H,25,27). The zero-order chi connectivity index (χ0) is 20.3. The first-order chi connectivity index (χ1) is 14.6. The summed E-state index contributed by atoms with van der Waals surface area (Å²) < 4.78 is 6.75. The maximum atomic E-state index is 12.4. The van der Waals surface area contributed by atoms with Gasteiger partial charge in [0.25, 0.3) is 5.91 Å². The van der Waals surface area contributed by atoms with E-state index in [1.807, 2.05) is 0 Å². The molecule has 0 atom stereocenters. The van der Waals surface area contributed by atoms with Gasteiger partial charge >= 0.3 is 0 Å². The highest BCUT2D eigenvalue weighted by atomic mass is 17.3. The highest BCUT2D eigenvalue weighted by Gasteiger charge is 2.66. The third kappa shape index (κ3) is 2.99. The van der Waals surface area contributed by atoms with Crippen molar-refractivity contribution < 1.29 is 24.4 Å². The van der Waals surface area contributed by atoms with Crippen LogP contribution in [0.15, 0.2) is 24.3 Å². The van der Waals surface area contributed by atoms with E-state index in [2.05, 4.69) is 5.32 Å². The number of phenols is 1. The molecule has 162 valence electrons. The highest BCUT2D eigenvalue weighted by molar-refractivity contribution is 5.96. The largest absolute Gasteiger partial charge is 0.507 e. The summed E-state index contributed by atoms with van der Waals surface area (Å²) in [6, 6.07) is 6.65. The molecule has 0 radical (unpaired) electrons. The minimum absolute atomic E-state index is 0.0171. The van der Waals surface area contributed by atoms with Gasteiger partial charge in [-0.05, 0) is 74.8 Å². The van der Waals surface area contributed by atoms with E-state index in [-0.39, 0.29) is 11.7 Å². The molecule has 1 aromatic rings. The number of benzene rings is 1. The van der Waals surface area contributed by atoms with Crippen LogP contribution in [0.1, 0.15) is 68.1 Å². The van der Waals surface area contributed by atoms with Gasteiger partial charge in [0, 0.05) is 31.2 Å². The van der Waals surface area contributed by atoms with Crippen molar-refractivity contribution in [2.24, 2.45) is 29.6 Å². The second-order valence-corrected chi connectivity index (χ2v) is 10.4. The molecule has 6 fully saturated rings. The van der Waals surface area contributed by atoms with Gasteiger partial charge in [-0.25, -0.2) is 0 Å². The van der Waals surface area contributed by atoms with E-state index in [4.69, 9.17) is 14.5 Å². The van der Waals surface area contributed by atoms with E-state index in [0.717, 1.165) is 37.5 Å². The van der Waals surface area contributed by atoms with E-state index in [0.29, 0.717) is 29.9 Å². The zero-order valence-electron chi connectivity index (χ0n) is 17.3. The van der Waals surface area contributed by atoms with Crippen molar-refractivity contribution in [1.29, 1.82) is 0 Å². The Balaban J connectivity index is 1.06. The van der Waals surface area contributed by atoms with E-state index < -0.39 is 11.6 Å². The van der Waals surface area contributed by atoms with E-state index in [9.17, 15) is 9.90 Å². The maximum absolute atomic E-state index is 12.4. The monoisotopic (exact) mass is 413 g/mol. The molecule has 30 heavy (non-hydrogen) atoms. The number of rotatable bonds is 3. The number of hydrogen-bond acceptors (Lipinski definition) is 5. The molecule has 2 N–H and O–H groups in total. The van der Waals surface area contributed by atoms with Gasteiger partial charge in [-0.15, -0.1) is 0 Å². The number of carbonyl (C=O) groups is 1. The quantitative estimate of drug-likeness (QED) is 0.729. The first kappa shape index (κ1) is 19.1. The van der Waals surface area contributed by atoms with Gasteiger partial charge in [0.2, 0.25) is 11.6 Å². The van der Waals surface area contributed by atoms with Crippen LogP contribution in [-0.4, -0.2) is 29.1 Å². The SMILES string of the molecule is O=C(NCC1CCC2(CC1)OOC1(O2)C2CC3CC(C2)CC1C3)c1ccccc1O. The molecule has 6 nitrogen and oxygen atoms in total. The van der Waals surface area contributed by atoms with Gasteiger partial charge in [0.05, 0.1) is 5.56 Å². The van der Waals surface area contributed by atoms with Crippen LogP contribution >= 0.6 is 0 Å². The summed E-state index contributed by atoms with van der Waals surface area (Å²) >= 11 is 0. The first-order valence-corrected chi connectivity index (χ1v) is 11.7. The number of carbonyl (C=O) groups excluding carboxylic acids is 1. The van der Waals surface area contributed by atoms with E-state index in [1.165, 1.54) is 38.2 Å². The Morgan fingerprint density at radius 3 is 2.33 bits per heavy atom. The van der Waals surface area contributed by atoms with E-state index in [1.54, 1.807) is 18.2 Å². The first-order valence-electron chi connectivity index (χ1n) is 11.7. The normalized spacial score (nSPS) is 44.1. The molecular weight excluding hydrogens is 382 g/mol. The Morgan fingerprint density at radius 1 is 1.00 bits per heavy atom. The van der Waals surface area contributed by atoms with Crippen molar-refractivity contribution in [2.75, 3.05) is 6.54 Å². The number of para-hydroxylation sites is 1. The maximum Gasteiger partial charge on any atom is 0.255 e. The fourth-order valence-electron chi connectivity index (χ4n) is 7.11. The average molecular weight is 414 g/mol. The van der Waals surface area contributed by atoms with Gasteiger partial charge in [0.1, 0.15) is 5.75 Å². The van der Waals surface area contributed by atoms with Crippen LogP contribution in [0.5, 0.6) is 5.75 Å². The van der Waals surface area contributed by atoms with E-state index >= 15 is 0 Å².